The molecule has 0 spiro atoms. The Kier molecular flexibility index (Phi) is 17.6. The summed E-state index contributed by atoms with van der Waals surface area (Å²) in [6, 6.07) is 6.15. The van der Waals surface area contributed by atoms with Crippen molar-refractivity contribution in [3.8, 4) is 11.8 Å². The third kappa shape index (κ3) is 13.2. The van der Waals surface area contributed by atoms with Crippen molar-refractivity contribution in [1.82, 2.24) is 35.6 Å². The van der Waals surface area contributed by atoms with Crippen LogP contribution in [0.4, 0.5) is 8.78 Å². The molecule has 1 saturated carbocycles. The third-order valence-corrected chi connectivity index (χ3v) is 17.4. The fourth-order valence-corrected chi connectivity index (χ4v) is 12.9. The molecule has 5 aliphatic heterocycles. The van der Waals surface area contributed by atoms with Crippen LogP contribution in [0.5, 0.6) is 0 Å². The normalized spacial score (nSPS) is 23.9. The first-order valence-corrected chi connectivity index (χ1v) is 28.3. The number of aromatic nitrogens is 1. The number of halogens is 2. The van der Waals surface area contributed by atoms with E-state index in [0.29, 0.717) is 48.3 Å². The maximum Gasteiger partial charge on any atom is 0.270 e. The Morgan fingerprint density at radius 3 is 2.43 bits per heavy atom. The number of aliphatic hydroxyl groups excluding tert-OH is 1. The summed E-state index contributed by atoms with van der Waals surface area (Å²) in [7, 11) is 0. The number of carbonyl (C=O) groups is 9. The van der Waals surface area contributed by atoms with E-state index in [4.69, 9.17) is 5.73 Å². The standard InChI is InChI=1S/C59H72F2N8O10/c1-59(60,61)38-15-18-44-37(29-38)30-47(63-44)53(74)65-46-19-17-40(70)31-39-16-21-49(69(39)58(46)79)55(76)64-45(20-23-51(62)72)50(71)32-42(35-10-6-3-7-11-35)56(77)67-27-25-34(26-28-67)9-4-2-5-12-36-13-8-14-41-43(36)33-68(57(41)78)48-22-24-52(73)66-54(48)75/h8,13-15,18,29-30,34-35,39-40,42,45-46,48-49,63,70H,2-4,6-7,9-11,16-17,19-28,31-33H2,1H3,(H2,62,72)(H,64,76)(H,65,74)(H,66,73,75)/t39-,40-,42+,45+,46+,48?,49+/m1/s1. The Morgan fingerprint density at radius 2 is 1.70 bits per heavy atom. The van der Waals surface area contributed by atoms with Crippen LogP contribution in [0.2, 0.25) is 0 Å². The number of fused-ring (bicyclic) bond motifs is 3. The molecule has 422 valence electrons. The average molecular weight is 1090 g/mol. The number of nitrogens with one attached hydrogen (secondary N) is 4. The number of primary amides is 1. The van der Waals surface area contributed by atoms with Crippen molar-refractivity contribution in [3.05, 3.63) is 70.4 Å². The van der Waals surface area contributed by atoms with Crippen LogP contribution in [0.3, 0.4) is 0 Å². The monoisotopic (exact) mass is 1090 g/mol. The van der Waals surface area contributed by atoms with Crippen molar-refractivity contribution in [1.29, 1.82) is 0 Å². The quantitative estimate of drug-likeness (QED) is 0.0569. The van der Waals surface area contributed by atoms with Crippen molar-refractivity contribution in [2.45, 2.75) is 184 Å². The molecule has 7 atom stereocenters. The van der Waals surface area contributed by atoms with Gasteiger partial charge in [0, 0.05) is 91.8 Å². The van der Waals surface area contributed by atoms with Gasteiger partial charge in [0.15, 0.2) is 5.78 Å². The van der Waals surface area contributed by atoms with Crippen LogP contribution in [0.1, 0.15) is 173 Å². The number of H-pyrrole nitrogens is 1. The van der Waals surface area contributed by atoms with Gasteiger partial charge in [-0.3, -0.25) is 48.5 Å². The molecule has 0 radical (unpaired) electrons. The van der Waals surface area contributed by atoms with Crippen LogP contribution in [0.15, 0.2) is 42.5 Å². The number of aromatic amines is 1. The van der Waals surface area contributed by atoms with Crippen LogP contribution in [0.25, 0.3) is 10.9 Å². The van der Waals surface area contributed by atoms with E-state index in [1.165, 1.54) is 34.1 Å². The van der Waals surface area contributed by atoms with Crippen molar-refractivity contribution >= 4 is 63.9 Å². The Labute approximate surface area is 458 Å². The maximum absolute atomic E-state index is 14.6. The third-order valence-electron chi connectivity index (χ3n) is 17.4. The largest absolute Gasteiger partial charge is 0.393 e. The molecule has 5 fully saturated rings. The number of carbonyl (C=O) groups excluding carboxylic acids is 9. The number of alkyl halides is 2. The molecule has 7 N–H and O–H groups in total. The van der Waals surface area contributed by atoms with Gasteiger partial charge >= 0.3 is 0 Å². The summed E-state index contributed by atoms with van der Waals surface area (Å²) >= 11 is 0. The number of piperidine rings is 2. The van der Waals surface area contributed by atoms with Gasteiger partial charge in [0.25, 0.3) is 17.7 Å². The molecule has 9 rings (SSSR count). The lowest BCUT2D eigenvalue weighted by Crippen LogP contribution is -2.58. The van der Waals surface area contributed by atoms with Gasteiger partial charge in [-0.2, -0.15) is 0 Å². The van der Waals surface area contributed by atoms with Gasteiger partial charge in [-0.15, -0.1) is 0 Å². The fourth-order valence-electron chi connectivity index (χ4n) is 12.9. The van der Waals surface area contributed by atoms with Gasteiger partial charge in [0.2, 0.25) is 35.4 Å². The lowest BCUT2D eigenvalue weighted by Gasteiger charge is -2.38. The molecule has 6 heterocycles. The number of Topliss-reactive ketones (excluding diaryl/α,β-unsaturated/α-hetero) is 1. The number of unbranched alkanes of at least 4 members (excludes halogenated alkanes) is 1. The highest BCUT2D eigenvalue weighted by molar-refractivity contribution is 6.06. The average Bonchev–Trinajstić information content (AvgIpc) is 4.37. The van der Waals surface area contributed by atoms with Gasteiger partial charge in [0.05, 0.1) is 12.1 Å². The second-order valence-corrected chi connectivity index (χ2v) is 22.8. The van der Waals surface area contributed by atoms with Gasteiger partial charge in [-0.1, -0.05) is 43.2 Å². The number of hydrogen-bond acceptors (Lipinski definition) is 10. The first-order valence-electron chi connectivity index (χ1n) is 28.3. The molecule has 1 aromatic heterocycles. The van der Waals surface area contributed by atoms with Crippen LogP contribution in [0, 0.1) is 29.6 Å². The minimum atomic E-state index is -3.10. The number of rotatable bonds is 17. The number of likely N-dealkylation sites (tertiary alicyclic amines) is 1. The summed E-state index contributed by atoms with van der Waals surface area (Å²) in [5, 5.41) is 19.3. The Morgan fingerprint density at radius 1 is 0.924 bits per heavy atom. The summed E-state index contributed by atoms with van der Waals surface area (Å²) in [4.78, 5) is 129. The summed E-state index contributed by atoms with van der Waals surface area (Å²) in [5.74, 6) is -0.961. The highest BCUT2D eigenvalue weighted by Crippen LogP contribution is 2.37. The zero-order valence-corrected chi connectivity index (χ0v) is 44.8. The molecule has 6 aliphatic rings. The number of amides is 8. The lowest BCUT2D eigenvalue weighted by atomic mass is 9.76. The van der Waals surface area contributed by atoms with E-state index in [1.807, 2.05) is 11.0 Å². The predicted octanol–water partition coefficient (Wildman–Crippen LogP) is 5.41. The van der Waals surface area contributed by atoms with Gasteiger partial charge in [-0.25, -0.2) is 8.78 Å². The first-order chi connectivity index (χ1) is 37.8. The van der Waals surface area contributed by atoms with E-state index in [1.54, 1.807) is 12.1 Å². The SMILES string of the molecule is CC(F)(F)c1ccc2[nH]c(C(=O)N[C@H]3CC[C@@H](O)C[C@H]4CC[C@@H](C(=O)N[C@@H](CCC(N)=O)C(=O)C[C@H](C(=O)N5CCC(CCCC#Cc6cccc7c6CN(C6CCC(=O)NC6=O)C7=O)CC5)C5CCCCC5)N4C3=O)cc2c1. The predicted molar refractivity (Wildman–Crippen MR) is 285 cm³/mol. The number of imide groups is 1. The van der Waals surface area contributed by atoms with E-state index < -0.39 is 83.5 Å². The summed E-state index contributed by atoms with van der Waals surface area (Å²) in [6.45, 7) is 2.10. The summed E-state index contributed by atoms with van der Waals surface area (Å²) < 4.78 is 28.2. The van der Waals surface area contributed by atoms with Crippen molar-refractivity contribution in [2.24, 2.45) is 23.5 Å². The topological polar surface area (TPSA) is 261 Å². The molecular weight excluding hydrogens is 1020 g/mol. The van der Waals surface area contributed by atoms with Crippen molar-refractivity contribution < 1.29 is 57.0 Å². The molecular formula is C59H72F2N8O10. The summed E-state index contributed by atoms with van der Waals surface area (Å²) in [6.07, 6.45) is 8.56. The van der Waals surface area contributed by atoms with Crippen molar-refractivity contribution in [3.63, 3.8) is 0 Å². The molecule has 79 heavy (non-hydrogen) atoms. The molecule has 1 aliphatic carbocycles. The fraction of sp³-hybridized carbons (Fsp3) is 0.576. The smallest absolute Gasteiger partial charge is 0.270 e. The minimum Gasteiger partial charge on any atom is -0.393 e. The zero-order valence-electron chi connectivity index (χ0n) is 44.8. The summed E-state index contributed by atoms with van der Waals surface area (Å²) in [5.41, 5.74) is 7.87. The van der Waals surface area contributed by atoms with Crippen LogP contribution >= 0.6 is 0 Å². The molecule has 4 saturated heterocycles. The number of benzene rings is 2. The number of ketones is 1. The molecule has 8 amide bonds. The minimum absolute atomic E-state index is 0.0346. The van der Waals surface area contributed by atoms with Gasteiger partial charge in [0.1, 0.15) is 23.8 Å². The van der Waals surface area contributed by atoms with E-state index in [2.05, 4.69) is 32.8 Å². The molecule has 3 aromatic rings. The molecule has 0 bridgehead atoms. The number of nitrogens with zero attached hydrogens (tertiary/aromatic N) is 3. The number of nitrogens with two attached hydrogens (primary N) is 1. The van der Waals surface area contributed by atoms with Crippen molar-refractivity contribution in [2.75, 3.05) is 13.1 Å². The van der Waals surface area contributed by atoms with E-state index >= 15 is 0 Å². The first kappa shape index (κ1) is 56.7. The maximum atomic E-state index is 14.6. The second-order valence-electron chi connectivity index (χ2n) is 22.8. The van der Waals surface area contributed by atoms with E-state index in [0.717, 1.165) is 75.8 Å². The number of hydrogen-bond donors (Lipinski definition) is 6. The highest BCUT2D eigenvalue weighted by Gasteiger charge is 2.47. The molecule has 18 nitrogen and oxygen atoms in total. The second kappa shape index (κ2) is 24.6. The zero-order chi connectivity index (χ0) is 56.1. The van der Waals surface area contributed by atoms with Crippen LogP contribution in [-0.4, -0.2) is 127 Å². The van der Waals surface area contributed by atoms with Crippen LogP contribution < -0.4 is 21.7 Å². The molecule has 1 unspecified atom stereocenters. The Bertz CT molecular complexity index is 2930. The van der Waals surface area contributed by atoms with Crippen LogP contribution in [-0.2, 0) is 46.0 Å². The van der Waals surface area contributed by atoms with Gasteiger partial charge < -0.3 is 41.2 Å². The number of aliphatic hydroxyl groups is 1. The molecule has 2 aromatic carbocycles. The van der Waals surface area contributed by atoms with E-state index in [9.17, 15) is 57.0 Å². The molecule has 20 heteroatoms. The van der Waals surface area contributed by atoms with Gasteiger partial charge in [-0.05, 0) is 131 Å². The lowest BCUT2D eigenvalue weighted by molar-refractivity contribution is -0.145. The Hall–Kier alpha value is -7.01. The Balaban J connectivity index is 0.807. The highest BCUT2D eigenvalue weighted by atomic mass is 19.3. The van der Waals surface area contributed by atoms with E-state index in [-0.39, 0.29) is 99.2 Å².